The zero-order valence-corrected chi connectivity index (χ0v) is 4.72. The molecule has 0 fully saturated rings. The van der Waals surface area contributed by atoms with E-state index in [0.717, 1.165) is 0 Å². The van der Waals surface area contributed by atoms with Crippen LogP contribution in [0.1, 0.15) is 6.42 Å². The van der Waals surface area contributed by atoms with Crippen molar-refractivity contribution in [2.24, 2.45) is 0 Å². The van der Waals surface area contributed by atoms with Gasteiger partial charge in [0.05, 0.1) is 0 Å². The summed E-state index contributed by atoms with van der Waals surface area (Å²) in [6.45, 7) is 0. The number of hydrogen-bond donors (Lipinski definition) is 1. The third-order valence-corrected chi connectivity index (χ3v) is 1.01. The lowest BCUT2D eigenvalue weighted by molar-refractivity contribution is -0.0147. The first-order chi connectivity index (χ1) is 3.80. The molecular formula is C5H8N2O. The maximum absolute atomic E-state index is 7.14. The monoisotopic (exact) mass is 112 g/mol. The smallest absolute Gasteiger partial charge is 0.135 e. The molecule has 1 aliphatic heterocycles. The molecule has 44 valence electrons. The molecule has 0 unspecified atom stereocenters. The van der Waals surface area contributed by atoms with Crippen LogP contribution in [0.25, 0.3) is 0 Å². The maximum Gasteiger partial charge on any atom is 0.135 e. The van der Waals surface area contributed by atoms with E-state index in [-0.39, 0.29) is 0 Å². The van der Waals surface area contributed by atoms with Gasteiger partial charge in [0, 0.05) is 13.5 Å². The predicted octanol–water partition coefficient (Wildman–Crippen LogP) is 0.744. The summed E-state index contributed by atoms with van der Waals surface area (Å²) >= 11 is 0. The molecule has 0 atom stereocenters. The molecule has 1 N–H and O–H groups in total. The zero-order chi connectivity index (χ0) is 5.98. The topological polar surface area (TPSA) is 36.3 Å². The molecule has 0 aliphatic carbocycles. The lowest BCUT2D eigenvalue weighted by Gasteiger charge is -2.19. The van der Waals surface area contributed by atoms with Crippen LogP contribution in [-0.2, 0) is 4.84 Å². The van der Waals surface area contributed by atoms with E-state index in [1.54, 1.807) is 13.3 Å². The van der Waals surface area contributed by atoms with Crippen molar-refractivity contribution in [3.8, 4) is 0 Å². The number of rotatable bonds is 0. The quantitative estimate of drug-likeness (QED) is 0.501. The second-order valence-electron chi connectivity index (χ2n) is 1.63. The van der Waals surface area contributed by atoms with Gasteiger partial charge in [-0.1, -0.05) is 0 Å². The summed E-state index contributed by atoms with van der Waals surface area (Å²) in [7, 11) is 1.71. The summed E-state index contributed by atoms with van der Waals surface area (Å²) in [6.07, 6.45) is 4.07. The van der Waals surface area contributed by atoms with Gasteiger partial charge in [0.25, 0.3) is 0 Å². The number of hydrogen-bond acceptors (Lipinski definition) is 2. The molecule has 0 aromatic rings. The van der Waals surface area contributed by atoms with E-state index in [0.29, 0.717) is 12.3 Å². The second kappa shape index (κ2) is 1.86. The van der Waals surface area contributed by atoms with Gasteiger partial charge in [0.1, 0.15) is 12.1 Å². The largest absolute Gasteiger partial charge is 0.387 e. The van der Waals surface area contributed by atoms with E-state index in [9.17, 15) is 0 Å². The number of amidine groups is 1. The van der Waals surface area contributed by atoms with Crippen molar-refractivity contribution in [3.05, 3.63) is 12.3 Å². The molecule has 1 heterocycles. The van der Waals surface area contributed by atoms with Crippen LogP contribution in [0.2, 0.25) is 0 Å². The van der Waals surface area contributed by atoms with E-state index >= 15 is 0 Å². The van der Waals surface area contributed by atoms with E-state index in [2.05, 4.69) is 0 Å². The van der Waals surface area contributed by atoms with Crippen LogP contribution >= 0.6 is 0 Å². The van der Waals surface area contributed by atoms with Crippen LogP contribution in [0.15, 0.2) is 12.3 Å². The average Bonchev–Trinajstić information content (AvgIpc) is 1.77. The van der Waals surface area contributed by atoms with Gasteiger partial charge in [-0.05, 0) is 6.08 Å². The lowest BCUT2D eigenvalue weighted by Crippen LogP contribution is -2.25. The summed E-state index contributed by atoms with van der Waals surface area (Å²) in [5.74, 6) is 0.493. The molecule has 3 nitrogen and oxygen atoms in total. The highest BCUT2D eigenvalue weighted by Gasteiger charge is 2.04. The first-order valence-corrected chi connectivity index (χ1v) is 2.43. The highest BCUT2D eigenvalue weighted by molar-refractivity contribution is 5.79. The minimum Gasteiger partial charge on any atom is -0.387 e. The van der Waals surface area contributed by atoms with Crippen LogP contribution in [0.4, 0.5) is 0 Å². The normalized spacial score (nSPS) is 18.6. The fourth-order valence-electron chi connectivity index (χ4n) is 0.486. The Kier molecular flexibility index (Phi) is 1.20. The minimum absolute atomic E-state index is 0.493. The minimum atomic E-state index is 0.493. The molecule has 0 amide bonds. The maximum atomic E-state index is 7.14. The van der Waals surface area contributed by atoms with Crippen molar-refractivity contribution in [2.45, 2.75) is 6.42 Å². The fourth-order valence-corrected chi connectivity index (χ4v) is 0.486. The van der Waals surface area contributed by atoms with Crippen molar-refractivity contribution in [1.82, 2.24) is 5.06 Å². The molecule has 1 rings (SSSR count). The second-order valence-corrected chi connectivity index (χ2v) is 1.63. The van der Waals surface area contributed by atoms with Crippen LogP contribution in [0, 0.1) is 5.41 Å². The Hall–Kier alpha value is -0.990. The summed E-state index contributed by atoms with van der Waals surface area (Å²) in [5.41, 5.74) is 0. The van der Waals surface area contributed by atoms with Gasteiger partial charge >= 0.3 is 0 Å². The van der Waals surface area contributed by atoms with Gasteiger partial charge in [-0.15, -0.1) is 0 Å². The molecule has 0 saturated heterocycles. The van der Waals surface area contributed by atoms with Crippen LogP contribution in [0.5, 0.6) is 0 Å². The molecule has 0 aromatic carbocycles. The molecule has 8 heavy (non-hydrogen) atoms. The van der Waals surface area contributed by atoms with Crippen LogP contribution in [0.3, 0.4) is 0 Å². The van der Waals surface area contributed by atoms with Gasteiger partial charge in [-0.2, -0.15) is 5.06 Å². The van der Waals surface area contributed by atoms with E-state index in [4.69, 9.17) is 10.2 Å². The Labute approximate surface area is 48.0 Å². The van der Waals surface area contributed by atoms with Crippen molar-refractivity contribution in [2.75, 3.05) is 7.05 Å². The Morgan fingerprint density at radius 1 is 1.88 bits per heavy atom. The third kappa shape index (κ3) is 0.804. The SMILES string of the molecule is CN1OC=CCC1=N. The summed E-state index contributed by atoms with van der Waals surface area (Å²) < 4.78 is 0. The Morgan fingerprint density at radius 3 is 3.00 bits per heavy atom. The fraction of sp³-hybridized carbons (Fsp3) is 0.400. The molecule has 3 heteroatoms. The van der Waals surface area contributed by atoms with Gasteiger partial charge in [0.2, 0.25) is 0 Å². The molecule has 0 saturated carbocycles. The molecular weight excluding hydrogens is 104 g/mol. The molecule has 0 spiro atoms. The van der Waals surface area contributed by atoms with Gasteiger partial charge in [-0.25, -0.2) is 0 Å². The third-order valence-electron chi connectivity index (χ3n) is 1.01. The van der Waals surface area contributed by atoms with Crippen molar-refractivity contribution < 1.29 is 4.84 Å². The van der Waals surface area contributed by atoms with E-state index in [1.807, 2.05) is 6.08 Å². The molecule has 1 aliphatic rings. The summed E-state index contributed by atoms with van der Waals surface area (Å²) in [5, 5.41) is 8.57. The predicted molar refractivity (Wildman–Crippen MR) is 30.3 cm³/mol. The average molecular weight is 112 g/mol. The number of nitrogens with one attached hydrogen (secondary N) is 1. The first-order valence-electron chi connectivity index (χ1n) is 2.43. The molecule has 0 aromatic heterocycles. The van der Waals surface area contributed by atoms with Gasteiger partial charge in [-0.3, -0.25) is 5.41 Å². The van der Waals surface area contributed by atoms with E-state index in [1.165, 1.54) is 5.06 Å². The first kappa shape index (κ1) is 5.15. The summed E-state index contributed by atoms with van der Waals surface area (Å²) in [4.78, 5) is 4.82. The number of hydroxylamine groups is 2. The van der Waals surface area contributed by atoms with Crippen molar-refractivity contribution in [1.29, 1.82) is 5.41 Å². The van der Waals surface area contributed by atoms with Gasteiger partial charge < -0.3 is 4.84 Å². The lowest BCUT2D eigenvalue weighted by atomic mass is 10.4. The van der Waals surface area contributed by atoms with Crippen LogP contribution < -0.4 is 0 Å². The number of nitrogens with zero attached hydrogens (tertiary/aromatic N) is 1. The zero-order valence-electron chi connectivity index (χ0n) is 4.72. The van der Waals surface area contributed by atoms with Gasteiger partial charge in [0.15, 0.2) is 0 Å². The van der Waals surface area contributed by atoms with Crippen molar-refractivity contribution >= 4 is 5.84 Å². The van der Waals surface area contributed by atoms with Crippen LogP contribution in [-0.4, -0.2) is 17.9 Å². The molecule has 0 bridgehead atoms. The summed E-state index contributed by atoms with van der Waals surface area (Å²) in [6, 6.07) is 0. The Bertz CT molecular complexity index is 130. The van der Waals surface area contributed by atoms with Crippen molar-refractivity contribution in [3.63, 3.8) is 0 Å². The Balaban J connectivity index is 2.57. The molecule has 0 radical (unpaired) electrons. The van der Waals surface area contributed by atoms with E-state index < -0.39 is 0 Å². The Morgan fingerprint density at radius 2 is 2.62 bits per heavy atom. The standard InChI is InChI=1S/C5H8N2O/c1-7-5(6)3-2-4-8-7/h2,4,6H,3H2,1H3. The highest BCUT2D eigenvalue weighted by atomic mass is 16.7. The highest BCUT2D eigenvalue weighted by Crippen LogP contribution is 2.00.